The number of fused-ring (bicyclic) bond motifs is 1. The molecule has 116 valence electrons. The van der Waals surface area contributed by atoms with Gasteiger partial charge in [-0.3, -0.25) is 14.9 Å². The Labute approximate surface area is 127 Å². The second-order valence-corrected chi connectivity index (χ2v) is 4.77. The summed E-state index contributed by atoms with van der Waals surface area (Å²) in [6.45, 7) is 0. The van der Waals surface area contributed by atoms with Crippen molar-refractivity contribution < 1.29 is 24.7 Å². The van der Waals surface area contributed by atoms with E-state index in [1.807, 2.05) is 0 Å². The van der Waals surface area contributed by atoms with Crippen molar-refractivity contribution in [3.63, 3.8) is 0 Å². The molecule has 3 rings (SSSR count). The van der Waals surface area contributed by atoms with E-state index in [0.29, 0.717) is 0 Å². The fourth-order valence-electron chi connectivity index (χ4n) is 2.22. The molecule has 0 aliphatic rings. The second-order valence-electron chi connectivity index (χ2n) is 4.77. The Balaban J connectivity index is 2.27. The van der Waals surface area contributed by atoms with Gasteiger partial charge < -0.3 is 19.7 Å². The molecule has 1 heterocycles. The Kier molecular flexibility index (Phi) is 3.14. The van der Waals surface area contributed by atoms with E-state index in [1.165, 1.54) is 6.07 Å². The summed E-state index contributed by atoms with van der Waals surface area (Å²) in [6.07, 6.45) is 0. The topological polar surface area (TPSA) is 134 Å². The first kappa shape index (κ1) is 14.4. The summed E-state index contributed by atoms with van der Waals surface area (Å²) >= 11 is 0. The minimum Gasteiger partial charge on any atom is -0.508 e. The number of benzene rings is 2. The number of nitrogens with zero attached hydrogens (tertiary/aromatic N) is 1. The van der Waals surface area contributed by atoms with Gasteiger partial charge in [0.15, 0.2) is 11.2 Å². The molecular weight excluding hydrogens is 306 g/mol. The highest BCUT2D eigenvalue weighted by Crippen LogP contribution is 2.34. The van der Waals surface area contributed by atoms with Crippen molar-refractivity contribution in [2.75, 3.05) is 0 Å². The van der Waals surface area contributed by atoms with Crippen LogP contribution in [0.25, 0.3) is 22.3 Å². The average Bonchev–Trinajstić information content (AvgIpc) is 2.46. The van der Waals surface area contributed by atoms with E-state index in [-0.39, 0.29) is 28.0 Å². The summed E-state index contributed by atoms with van der Waals surface area (Å²) in [6, 6.07) is 6.73. The summed E-state index contributed by atoms with van der Waals surface area (Å²) in [5, 5.41) is 39.4. The van der Waals surface area contributed by atoms with E-state index < -0.39 is 27.5 Å². The lowest BCUT2D eigenvalue weighted by Crippen LogP contribution is -2.01. The van der Waals surface area contributed by atoms with Crippen LogP contribution >= 0.6 is 0 Å². The molecule has 0 aliphatic heterocycles. The number of rotatable bonds is 2. The number of hydrogen-bond acceptors (Lipinski definition) is 7. The van der Waals surface area contributed by atoms with Crippen LogP contribution in [0.3, 0.4) is 0 Å². The van der Waals surface area contributed by atoms with Crippen molar-refractivity contribution in [1.82, 2.24) is 0 Å². The van der Waals surface area contributed by atoms with Crippen LogP contribution in [-0.4, -0.2) is 20.2 Å². The molecule has 0 amide bonds. The quantitative estimate of drug-likeness (QED) is 0.488. The van der Waals surface area contributed by atoms with Gasteiger partial charge in [-0.25, -0.2) is 0 Å². The van der Waals surface area contributed by atoms with E-state index in [2.05, 4.69) is 0 Å². The second kappa shape index (κ2) is 5.02. The smallest absolute Gasteiger partial charge is 0.311 e. The predicted molar refractivity (Wildman–Crippen MR) is 79.6 cm³/mol. The summed E-state index contributed by atoms with van der Waals surface area (Å²) in [7, 11) is 0. The third-order valence-electron chi connectivity index (χ3n) is 3.25. The van der Waals surface area contributed by atoms with Gasteiger partial charge in [0.05, 0.1) is 4.92 Å². The Bertz CT molecular complexity index is 1010. The molecule has 23 heavy (non-hydrogen) atoms. The van der Waals surface area contributed by atoms with E-state index in [9.17, 15) is 30.2 Å². The molecule has 0 bridgehead atoms. The maximum Gasteiger partial charge on any atom is 0.311 e. The van der Waals surface area contributed by atoms with Crippen LogP contribution in [0.4, 0.5) is 5.69 Å². The average molecular weight is 315 g/mol. The highest BCUT2D eigenvalue weighted by Gasteiger charge is 2.17. The van der Waals surface area contributed by atoms with Crippen molar-refractivity contribution in [3.8, 4) is 28.6 Å². The molecule has 0 fully saturated rings. The van der Waals surface area contributed by atoms with Crippen molar-refractivity contribution in [2.45, 2.75) is 0 Å². The van der Waals surface area contributed by atoms with Gasteiger partial charge in [0, 0.05) is 29.8 Å². The monoisotopic (exact) mass is 315 g/mol. The molecule has 0 radical (unpaired) electrons. The largest absolute Gasteiger partial charge is 0.508 e. The third-order valence-corrected chi connectivity index (χ3v) is 3.25. The minimum atomic E-state index is -0.768. The molecule has 0 saturated heterocycles. The third kappa shape index (κ3) is 2.42. The lowest BCUT2D eigenvalue weighted by Gasteiger charge is -2.05. The van der Waals surface area contributed by atoms with Gasteiger partial charge in [-0.05, 0) is 12.1 Å². The summed E-state index contributed by atoms with van der Waals surface area (Å²) in [5.74, 6) is -1.25. The van der Waals surface area contributed by atoms with Gasteiger partial charge in [-0.15, -0.1) is 0 Å². The first-order valence-electron chi connectivity index (χ1n) is 6.34. The molecule has 8 heteroatoms. The van der Waals surface area contributed by atoms with Crippen molar-refractivity contribution in [1.29, 1.82) is 0 Å². The van der Waals surface area contributed by atoms with Crippen molar-refractivity contribution >= 4 is 16.7 Å². The van der Waals surface area contributed by atoms with Crippen molar-refractivity contribution in [2.24, 2.45) is 0 Å². The molecule has 0 spiro atoms. The lowest BCUT2D eigenvalue weighted by atomic mass is 10.1. The molecule has 0 unspecified atom stereocenters. The standard InChI is InChI=1S/C15H9NO7/c17-8-4-11(19)15-12(20)6-13(23-14(15)5-8)7-1-2-10(18)9(3-7)16(21)22/h1-6,17-19H. The van der Waals surface area contributed by atoms with Gasteiger partial charge in [0.1, 0.15) is 28.2 Å². The normalized spacial score (nSPS) is 10.8. The molecular formula is C15H9NO7. The first-order valence-corrected chi connectivity index (χ1v) is 6.34. The number of nitro benzene ring substituents is 1. The molecule has 0 saturated carbocycles. The van der Waals surface area contributed by atoms with Crippen LogP contribution < -0.4 is 5.43 Å². The molecule has 1 aromatic heterocycles. The molecule has 2 aromatic carbocycles. The predicted octanol–water partition coefficient (Wildman–Crippen LogP) is 2.48. The van der Waals surface area contributed by atoms with Gasteiger partial charge in [-0.1, -0.05) is 0 Å². The Morgan fingerprint density at radius 3 is 2.43 bits per heavy atom. The van der Waals surface area contributed by atoms with Gasteiger partial charge >= 0.3 is 5.69 Å². The minimum absolute atomic E-state index is 0.00407. The van der Waals surface area contributed by atoms with Crippen LogP contribution in [-0.2, 0) is 0 Å². The van der Waals surface area contributed by atoms with Crippen LogP contribution in [0.2, 0.25) is 0 Å². The summed E-state index contributed by atoms with van der Waals surface area (Å²) in [4.78, 5) is 22.2. The molecule has 3 aromatic rings. The Morgan fingerprint density at radius 2 is 1.74 bits per heavy atom. The lowest BCUT2D eigenvalue weighted by molar-refractivity contribution is -0.385. The number of phenolic OH excluding ortho intramolecular Hbond substituents is 3. The van der Waals surface area contributed by atoms with Gasteiger partial charge in [-0.2, -0.15) is 0 Å². The molecule has 0 atom stereocenters. The fourth-order valence-corrected chi connectivity index (χ4v) is 2.22. The SMILES string of the molecule is O=c1cc(-c2ccc(O)c([N+](=O)[O-])c2)oc2cc(O)cc(O)c12. The van der Waals surface area contributed by atoms with Crippen LogP contribution in [0.1, 0.15) is 0 Å². The van der Waals surface area contributed by atoms with E-state index >= 15 is 0 Å². The van der Waals surface area contributed by atoms with Crippen LogP contribution in [0.15, 0.2) is 45.6 Å². The fraction of sp³-hybridized carbons (Fsp3) is 0. The Hall–Kier alpha value is -3.55. The van der Waals surface area contributed by atoms with Gasteiger partial charge in [0.25, 0.3) is 0 Å². The zero-order chi connectivity index (χ0) is 16.7. The summed E-state index contributed by atoms with van der Waals surface area (Å²) < 4.78 is 5.44. The van der Waals surface area contributed by atoms with Crippen molar-refractivity contribution in [3.05, 3.63) is 56.7 Å². The zero-order valence-electron chi connectivity index (χ0n) is 11.4. The Morgan fingerprint density at radius 1 is 1.00 bits per heavy atom. The first-order chi connectivity index (χ1) is 10.9. The maximum absolute atomic E-state index is 12.1. The number of hydrogen-bond donors (Lipinski definition) is 3. The molecule has 8 nitrogen and oxygen atoms in total. The van der Waals surface area contributed by atoms with Crippen LogP contribution in [0, 0.1) is 10.1 Å². The highest BCUT2D eigenvalue weighted by atomic mass is 16.6. The zero-order valence-corrected chi connectivity index (χ0v) is 11.4. The van der Waals surface area contributed by atoms with Crippen LogP contribution in [0.5, 0.6) is 17.2 Å². The molecule has 3 N–H and O–H groups in total. The molecule has 0 aliphatic carbocycles. The number of phenols is 3. The number of aromatic hydroxyl groups is 3. The highest BCUT2D eigenvalue weighted by molar-refractivity contribution is 5.86. The number of nitro groups is 1. The van der Waals surface area contributed by atoms with E-state index in [4.69, 9.17) is 4.42 Å². The summed E-state index contributed by atoms with van der Waals surface area (Å²) in [5.41, 5.74) is -0.990. The van der Waals surface area contributed by atoms with E-state index in [0.717, 1.165) is 30.3 Å². The van der Waals surface area contributed by atoms with Gasteiger partial charge in [0.2, 0.25) is 0 Å². The van der Waals surface area contributed by atoms with E-state index in [1.54, 1.807) is 0 Å². The maximum atomic E-state index is 12.1.